The summed E-state index contributed by atoms with van der Waals surface area (Å²) in [6.45, 7) is 2.39. The predicted molar refractivity (Wildman–Crippen MR) is 76.0 cm³/mol. The Morgan fingerprint density at radius 1 is 1.21 bits per heavy atom. The molecule has 1 aliphatic heterocycles. The zero-order valence-corrected chi connectivity index (χ0v) is 12.2. The molecule has 0 aromatic carbocycles. The number of methoxy groups -OCH3 is 1. The van der Waals surface area contributed by atoms with Crippen molar-refractivity contribution in [3.8, 4) is 0 Å². The molecule has 2 fully saturated rings. The molecule has 0 aromatic rings. The van der Waals surface area contributed by atoms with Crippen LogP contribution in [0.15, 0.2) is 0 Å². The SMILES string of the molecule is COCC1(C(=O)NC2CCCCCC2)CCNCC1. The molecule has 2 rings (SSSR count). The number of rotatable bonds is 4. The molecule has 0 atom stereocenters. The molecule has 0 aromatic heterocycles. The van der Waals surface area contributed by atoms with Crippen molar-refractivity contribution in [2.75, 3.05) is 26.8 Å². The highest BCUT2D eigenvalue weighted by Gasteiger charge is 2.40. The van der Waals surface area contributed by atoms with Crippen LogP contribution in [0.2, 0.25) is 0 Å². The Kier molecular flexibility index (Phi) is 5.64. The van der Waals surface area contributed by atoms with E-state index in [1.165, 1.54) is 25.7 Å². The van der Waals surface area contributed by atoms with Gasteiger partial charge in [0.05, 0.1) is 12.0 Å². The molecule has 1 heterocycles. The largest absolute Gasteiger partial charge is 0.384 e. The van der Waals surface area contributed by atoms with Crippen molar-refractivity contribution in [2.45, 2.75) is 57.4 Å². The Hall–Kier alpha value is -0.610. The van der Waals surface area contributed by atoms with Gasteiger partial charge >= 0.3 is 0 Å². The Balaban J connectivity index is 1.94. The summed E-state index contributed by atoms with van der Waals surface area (Å²) >= 11 is 0. The van der Waals surface area contributed by atoms with Gasteiger partial charge in [-0.15, -0.1) is 0 Å². The van der Waals surface area contributed by atoms with Crippen molar-refractivity contribution < 1.29 is 9.53 Å². The molecule has 4 nitrogen and oxygen atoms in total. The summed E-state index contributed by atoms with van der Waals surface area (Å²) in [7, 11) is 1.70. The Morgan fingerprint density at radius 3 is 2.42 bits per heavy atom. The van der Waals surface area contributed by atoms with Gasteiger partial charge in [0.2, 0.25) is 5.91 Å². The predicted octanol–water partition coefficient (Wildman–Crippen LogP) is 1.84. The van der Waals surface area contributed by atoms with E-state index < -0.39 is 0 Å². The maximum Gasteiger partial charge on any atom is 0.228 e. The molecular weight excluding hydrogens is 240 g/mol. The van der Waals surface area contributed by atoms with E-state index in [1.807, 2.05) is 0 Å². The minimum atomic E-state index is -0.299. The van der Waals surface area contributed by atoms with E-state index in [0.717, 1.165) is 38.8 Å². The van der Waals surface area contributed by atoms with Gasteiger partial charge in [0, 0.05) is 13.2 Å². The fourth-order valence-corrected chi connectivity index (χ4v) is 3.38. The van der Waals surface area contributed by atoms with Gasteiger partial charge in [-0.25, -0.2) is 0 Å². The minimum absolute atomic E-state index is 0.225. The van der Waals surface area contributed by atoms with Crippen LogP contribution in [0.1, 0.15) is 51.4 Å². The zero-order valence-electron chi connectivity index (χ0n) is 12.2. The third-order valence-corrected chi connectivity index (χ3v) is 4.65. The smallest absolute Gasteiger partial charge is 0.228 e. The second-order valence-corrected chi connectivity index (χ2v) is 6.13. The van der Waals surface area contributed by atoms with Crippen molar-refractivity contribution in [1.82, 2.24) is 10.6 Å². The van der Waals surface area contributed by atoms with E-state index in [-0.39, 0.29) is 11.3 Å². The number of hydrogen-bond acceptors (Lipinski definition) is 3. The normalized spacial score (nSPS) is 24.7. The third kappa shape index (κ3) is 3.93. The fraction of sp³-hybridized carbons (Fsp3) is 0.933. The fourth-order valence-electron chi connectivity index (χ4n) is 3.38. The van der Waals surface area contributed by atoms with Gasteiger partial charge in [-0.1, -0.05) is 25.7 Å². The number of carbonyl (C=O) groups is 1. The Bertz CT molecular complexity index is 274. The highest BCUT2D eigenvalue weighted by atomic mass is 16.5. The van der Waals surface area contributed by atoms with E-state index in [4.69, 9.17) is 4.74 Å². The number of carbonyl (C=O) groups excluding carboxylic acids is 1. The van der Waals surface area contributed by atoms with Gasteiger partial charge in [0.15, 0.2) is 0 Å². The Morgan fingerprint density at radius 2 is 1.84 bits per heavy atom. The first-order chi connectivity index (χ1) is 9.27. The molecule has 1 amide bonds. The second-order valence-electron chi connectivity index (χ2n) is 6.13. The summed E-state index contributed by atoms with van der Waals surface area (Å²) < 4.78 is 5.33. The molecule has 1 saturated heterocycles. The highest BCUT2D eigenvalue weighted by Crippen LogP contribution is 2.30. The van der Waals surface area contributed by atoms with Crippen LogP contribution >= 0.6 is 0 Å². The van der Waals surface area contributed by atoms with Crippen LogP contribution < -0.4 is 10.6 Å². The lowest BCUT2D eigenvalue weighted by atomic mass is 9.78. The molecule has 0 bridgehead atoms. The average molecular weight is 268 g/mol. The van der Waals surface area contributed by atoms with Gasteiger partial charge < -0.3 is 15.4 Å². The molecule has 1 aliphatic carbocycles. The topological polar surface area (TPSA) is 50.4 Å². The maximum atomic E-state index is 12.7. The number of piperidine rings is 1. The molecule has 19 heavy (non-hydrogen) atoms. The minimum Gasteiger partial charge on any atom is -0.384 e. The molecule has 2 aliphatic rings. The maximum absolute atomic E-state index is 12.7. The summed E-state index contributed by atoms with van der Waals surface area (Å²) in [5, 5.41) is 6.64. The van der Waals surface area contributed by atoms with Gasteiger partial charge in [-0.2, -0.15) is 0 Å². The van der Waals surface area contributed by atoms with Crippen LogP contribution in [0.5, 0.6) is 0 Å². The summed E-state index contributed by atoms with van der Waals surface area (Å²) in [5.74, 6) is 0.225. The molecule has 1 saturated carbocycles. The molecule has 0 radical (unpaired) electrons. The van der Waals surface area contributed by atoms with Gasteiger partial charge in [-0.3, -0.25) is 4.79 Å². The van der Waals surface area contributed by atoms with Crippen LogP contribution in [0.4, 0.5) is 0 Å². The molecule has 4 heteroatoms. The van der Waals surface area contributed by atoms with Crippen LogP contribution in [0, 0.1) is 5.41 Å². The molecular formula is C15H28N2O2. The third-order valence-electron chi connectivity index (χ3n) is 4.65. The number of ether oxygens (including phenoxy) is 1. The van der Waals surface area contributed by atoms with E-state index in [0.29, 0.717) is 12.6 Å². The number of hydrogen-bond donors (Lipinski definition) is 2. The Labute approximate surface area is 116 Å². The first-order valence-electron chi connectivity index (χ1n) is 7.77. The average Bonchev–Trinajstić information content (AvgIpc) is 2.69. The van der Waals surface area contributed by atoms with E-state index in [1.54, 1.807) is 7.11 Å². The quantitative estimate of drug-likeness (QED) is 0.765. The van der Waals surface area contributed by atoms with Crippen molar-refractivity contribution in [2.24, 2.45) is 5.41 Å². The molecule has 110 valence electrons. The van der Waals surface area contributed by atoms with Crippen molar-refractivity contribution in [3.63, 3.8) is 0 Å². The monoisotopic (exact) mass is 268 g/mol. The first-order valence-corrected chi connectivity index (χ1v) is 7.77. The summed E-state index contributed by atoms with van der Waals surface area (Å²) in [4.78, 5) is 12.7. The summed E-state index contributed by atoms with van der Waals surface area (Å²) in [5.41, 5.74) is -0.299. The highest BCUT2D eigenvalue weighted by molar-refractivity contribution is 5.83. The van der Waals surface area contributed by atoms with E-state index in [9.17, 15) is 4.79 Å². The number of nitrogens with one attached hydrogen (secondary N) is 2. The lowest BCUT2D eigenvalue weighted by Gasteiger charge is -2.36. The van der Waals surface area contributed by atoms with Crippen LogP contribution in [-0.4, -0.2) is 38.8 Å². The lowest BCUT2D eigenvalue weighted by molar-refractivity contribution is -0.137. The van der Waals surface area contributed by atoms with Crippen LogP contribution in [0.25, 0.3) is 0 Å². The van der Waals surface area contributed by atoms with Crippen LogP contribution in [-0.2, 0) is 9.53 Å². The van der Waals surface area contributed by atoms with Crippen molar-refractivity contribution >= 4 is 5.91 Å². The van der Waals surface area contributed by atoms with Crippen LogP contribution in [0.3, 0.4) is 0 Å². The summed E-state index contributed by atoms with van der Waals surface area (Å²) in [6, 6.07) is 0.388. The van der Waals surface area contributed by atoms with E-state index >= 15 is 0 Å². The molecule has 0 spiro atoms. The number of amides is 1. The second kappa shape index (κ2) is 7.25. The zero-order chi connectivity index (χ0) is 13.6. The summed E-state index contributed by atoms with van der Waals surface area (Å²) in [6.07, 6.45) is 9.21. The van der Waals surface area contributed by atoms with E-state index in [2.05, 4.69) is 10.6 Å². The lowest BCUT2D eigenvalue weighted by Crippen LogP contribution is -2.52. The standard InChI is InChI=1S/C15H28N2O2/c1-19-12-15(8-10-16-11-9-15)14(18)17-13-6-4-2-3-5-7-13/h13,16H,2-12H2,1H3,(H,17,18). The van der Waals surface area contributed by atoms with Gasteiger partial charge in [0.1, 0.15) is 0 Å². The van der Waals surface area contributed by atoms with Crippen molar-refractivity contribution in [3.05, 3.63) is 0 Å². The van der Waals surface area contributed by atoms with Gasteiger partial charge in [0.25, 0.3) is 0 Å². The van der Waals surface area contributed by atoms with Gasteiger partial charge in [-0.05, 0) is 38.8 Å². The molecule has 0 unspecified atom stereocenters. The van der Waals surface area contributed by atoms with Crippen molar-refractivity contribution in [1.29, 1.82) is 0 Å². The molecule has 2 N–H and O–H groups in total. The first kappa shape index (κ1) is 14.8.